The highest BCUT2D eigenvalue weighted by Gasteiger charge is 2.18. The van der Waals surface area contributed by atoms with Crippen LogP contribution in [0, 0.1) is 5.95 Å². The van der Waals surface area contributed by atoms with Crippen molar-refractivity contribution in [2.45, 2.75) is 0 Å². The van der Waals surface area contributed by atoms with Gasteiger partial charge in [-0.2, -0.15) is 9.49 Å². The first-order valence-corrected chi connectivity index (χ1v) is 6.41. The van der Waals surface area contributed by atoms with Crippen molar-refractivity contribution in [2.75, 3.05) is 5.32 Å². The molecule has 1 heterocycles. The lowest BCUT2D eigenvalue weighted by atomic mass is 10.3. The minimum atomic E-state index is -0.686. The smallest absolute Gasteiger partial charge is 0.261 e. The molecule has 0 aliphatic heterocycles. The Morgan fingerprint density at radius 2 is 1.62 bits per heavy atom. The van der Waals surface area contributed by atoms with E-state index in [0.717, 1.165) is 4.68 Å². The van der Waals surface area contributed by atoms with Gasteiger partial charge in [-0.1, -0.05) is 36.4 Å². The third-order valence-electron chi connectivity index (χ3n) is 2.99. The molecule has 0 atom stereocenters. The summed E-state index contributed by atoms with van der Waals surface area (Å²) in [6.45, 7) is 0. The van der Waals surface area contributed by atoms with E-state index in [2.05, 4.69) is 10.4 Å². The molecular formula is C16H12FN3O. The van der Waals surface area contributed by atoms with Crippen molar-refractivity contribution < 1.29 is 9.18 Å². The molecule has 2 aromatic carbocycles. The number of aromatic nitrogens is 2. The number of anilines is 1. The Morgan fingerprint density at radius 1 is 1.00 bits per heavy atom. The molecule has 1 aromatic heterocycles. The molecule has 1 amide bonds. The summed E-state index contributed by atoms with van der Waals surface area (Å²) in [5.74, 6) is -1.21. The van der Waals surface area contributed by atoms with Crippen LogP contribution < -0.4 is 5.32 Å². The number of benzene rings is 2. The number of amides is 1. The van der Waals surface area contributed by atoms with Gasteiger partial charge in [0.2, 0.25) is 5.95 Å². The molecule has 1 N–H and O–H groups in total. The first kappa shape index (κ1) is 13.1. The van der Waals surface area contributed by atoms with Gasteiger partial charge >= 0.3 is 0 Å². The second kappa shape index (κ2) is 5.58. The van der Waals surface area contributed by atoms with Gasteiger partial charge < -0.3 is 5.32 Å². The molecule has 0 aliphatic rings. The fraction of sp³-hybridized carbons (Fsp3) is 0. The van der Waals surface area contributed by atoms with E-state index < -0.39 is 11.9 Å². The van der Waals surface area contributed by atoms with Gasteiger partial charge in [-0.15, -0.1) is 0 Å². The van der Waals surface area contributed by atoms with Gasteiger partial charge in [0.1, 0.15) is 5.56 Å². The zero-order valence-corrected chi connectivity index (χ0v) is 11.0. The van der Waals surface area contributed by atoms with Crippen LogP contribution >= 0.6 is 0 Å². The summed E-state index contributed by atoms with van der Waals surface area (Å²) in [6.07, 6.45) is 1.22. The molecule has 104 valence electrons. The average molecular weight is 281 g/mol. The van der Waals surface area contributed by atoms with Crippen molar-refractivity contribution in [3.8, 4) is 5.69 Å². The largest absolute Gasteiger partial charge is 0.322 e. The molecular weight excluding hydrogens is 269 g/mol. The number of carbonyl (C=O) groups excluding carboxylic acids is 1. The minimum absolute atomic E-state index is 0.0947. The maximum absolute atomic E-state index is 14.3. The van der Waals surface area contributed by atoms with Crippen LogP contribution in [-0.4, -0.2) is 15.7 Å². The molecule has 0 spiro atoms. The van der Waals surface area contributed by atoms with Gasteiger partial charge in [-0.25, -0.2) is 4.68 Å². The summed E-state index contributed by atoms with van der Waals surface area (Å²) < 4.78 is 15.4. The maximum atomic E-state index is 14.3. The monoisotopic (exact) mass is 281 g/mol. The highest BCUT2D eigenvalue weighted by Crippen LogP contribution is 2.15. The van der Waals surface area contributed by atoms with E-state index in [-0.39, 0.29) is 5.56 Å². The molecule has 4 nitrogen and oxygen atoms in total. The highest BCUT2D eigenvalue weighted by atomic mass is 19.1. The third kappa shape index (κ3) is 2.67. The fourth-order valence-corrected chi connectivity index (χ4v) is 1.95. The van der Waals surface area contributed by atoms with E-state index in [0.29, 0.717) is 11.4 Å². The van der Waals surface area contributed by atoms with Crippen LogP contribution in [0.3, 0.4) is 0 Å². The molecule has 0 saturated carbocycles. The molecule has 0 radical (unpaired) electrons. The van der Waals surface area contributed by atoms with Gasteiger partial charge in [-0.05, 0) is 24.3 Å². The average Bonchev–Trinajstić information content (AvgIpc) is 2.91. The number of nitrogens with one attached hydrogen (secondary N) is 1. The summed E-state index contributed by atoms with van der Waals surface area (Å²) in [6, 6.07) is 17.7. The Kier molecular flexibility index (Phi) is 3.47. The summed E-state index contributed by atoms with van der Waals surface area (Å²) in [5, 5.41) is 6.56. The fourth-order valence-electron chi connectivity index (χ4n) is 1.95. The highest BCUT2D eigenvalue weighted by molar-refractivity contribution is 6.04. The van der Waals surface area contributed by atoms with E-state index in [1.165, 1.54) is 6.20 Å². The van der Waals surface area contributed by atoms with Crippen molar-refractivity contribution in [1.82, 2.24) is 9.78 Å². The van der Waals surface area contributed by atoms with Crippen LogP contribution in [0.1, 0.15) is 10.4 Å². The quantitative estimate of drug-likeness (QED) is 0.801. The Labute approximate surface area is 120 Å². The summed E-state index contributed by atoms with van der Waals surface area (Å²) in [4.78, 5) is 12.1. The van der Waals surface area contributed by atoms with Gasteiger partial charge in [0.05, 0.1) is 11.9 Å². The van der Waals surface area contributed by atoms with Crippen LogP contribution in [0.2, 0.25) is 0 Å². The summed E-state index contributed by atoms with van der Waals surface area (Å²) in [5.41, 5.74) is 1.07. The first-order valence-electron chi connectivity index (χ1n) is 6.41. The van der Waals surface area contributed by atoms with Crippen LogP contribution in [0.4, 0.5) is 10.1 Å². The second-order valence-corrected chi connectivity index (χ2v) is 4.42. The molecule has 0 unspecified atom stereocenters. The van der Waals surface area contributed by atoms with Gasteiger partial charge in [-0.3, -0.25) is 4.79 Å². The number of para-hydroxylation sites is 2. The van der Waals surface area contributed by atoms with Crippen molar-refractivity contribution in [1.29, 1.82) is 0 Å². The Morgan fingerprint density at radius 3 is 2.29 bits per heavy atom. The Bertz CT molecular complexity index is 754. The van der Waals surface area contributed by atoms with Gasteiger partial charge in [0.15, 0.2) is 0 Å². The third-order valence-corrected chi connectivity index (χ3v) is 2.99. The van der Waals surface area contributed by atoms with Crippen molar-refractivity contribution in [3.63, 3.8) is 0 Å². The molecule has 5 heteroatoms. The van der Waals surface area contributed by atoms with E-state index >= 15 is 0 Å². The van der Waals surface area contributed by atoms with E-state index in [4.69, 9.17) is 0 Å². The molecule has 3 rings (SSSR count). The standard InChI is InChI=1S/C16H12FN3O/c17-15-14(16(21)19-12-7-3-1-4-8-12)11-18-20(15)13-9-5-2-6-10-13/h1-11H,(H,19,21). The lowest BCUT2D eigenvalue weighted by Crippen LogP contribution is -2.13. The van der Waals surface area contributed by atoms with E-state index in [1.54, 1.807) is 48.5 Å². The number of hydrogen-bond acceptors (Lipinski definition) is 2. The molecule has 0 saturated heterocycles. The normalized spacial score (nSPS) is 10.3. The van der Waals surface area contributed by atoms with Crippen molar-refractivity contribution in [3.05, 3.63) is 78.4 Å². The number of rotatable bonds is 3. The molecule has 3 aromatic rings. The number of carbonyl (C=O) groups is 1. The minimum Gasteiger partial charge on any atom is -0.322 e. The molecule has 21 heavy (non-hydrogen) atoms. The van der Waals surface area contributed by atoms with Crippen molar-refractivity contribution >= 4 is 11.6 Å². The number of nitrogens with zero attached hydrogens (tertiary/aromatic N) is 2. The topological polar surface area (TPSA) is 46.9 Å². The SMILES string of the molecule is O=C(Nc1ccccc1)c1cnn(-c2ccccc2)c1F. The lowest BCUT2D eigenvalue weighted by Gasteiger charge is -2.04. The molecule has 0 aliphatic carbocycles. The maximum Gasteiger partial charge on any atom is 0.261 e. The molecule has 0 bridgehead atoms. The number of halogens is 1. The molecule has 0 fully saturated rings. The van der Waals surface area contributed by atoms with Crippen LogP contribution in [0.5, 0.6) is 0 Å². The lowest BCUT2D eigenvalue weighted by molar-refractivity contribution is 0.102. The predicted molar refractivity (Wildman–Crippen MR) is 77.9 cm³/mol. The second-order valence-electron chi connectivity index (χ2n) is 4.42. The Balaban J connectivity index is 1.87. The van der Waals surface area contributed by atoms with Gasteiger partial charge in [0.25, 0.3) is 5.91 Å². The van der Waals surface area contributed by atoms with Crippen LogP contribution in [0.25, 0.3) is 5.69 Å². The van der Waals surface area contributed by atoms with E-state index in [1.807, 2.05) is 12.1 Å². The predicted octanol–water partition coefficient (Wildman–Crippen LogP) is 3.26. The first-order chi connectivity index (χ1) is 10.3. The van der Waals surface area contributed by atoms with Crippen molar-refractivity contribution in [2.24, 2.45) is 0 Å². The summed E-state index contributed by atoms with van der Waals surface area (Å²) >= 11 is 0. The van der Waals surface area contributed by atoms with E-state index in [9.17, 15) is 9.18 Å². The zero-order chi connectivity index (χ0) is 14.7. The number of hydrogen-bond donors (Lipinski definition) is 1. The Hall–Kier alpha value is -2.95. The van der Waals surface area contributed by atoms with Crippen LogP contribution in [0.15, 0.2) is 66.9 Å². The van der Waals surface area contributed by atoms with Crippen LogP contribution in [-0.2, 0) is 0 Å². The summed E-state index contributed by atoms with van der Waals surface area (Å²) in [7, 11) is 0. The van der Waals surface area contributed by atoms with Gasteiger partial charge in [0, 0.05) is 5.69 Å². The zero-order valence-electron chi connectivity index (χ0n) is 11.0.